The Labute approximate surface area is 120 Å². The van der Waals surface area contributed by atoms with Gasteiger partial charge < -0.3 is 20.7 Å². The number of amides is 1. The maximum absolute atomic E-state index is 11.9. The molecule has 1 aromatic carbocycles. The van der Waals surface area contributed by atoms with Gasteiger partial charge in [-0.3, -0.25) is 4.79 Å². The number of imidazole rings is 1. The van der Waals surface area contributed by atoms with E-state index in [1.54, 1.807) is 12.1 Å². The number of carbonyl (C=O) groups is 1. The molecule has 6 nitrogen and oxygen atoms in total. The number of aliphatic hydroxyl groups excluding tert-OH is 1. The molecule has 1 aliphatic rings. The van der Waals surface area contributed by atoms with Gasteiger partial charge in [0, 0.05) is 11.6 Å². The third-order valence-electron chi connectivity index (χ3n) is 3.35. The molecule has 1 aliphatic heterocycles. The van der Waals surface area contributed by atoms with Crippen LogP contribution < -0.4 is 10.6 Å². The number of H-pyrrole nitrogens is 1. The minimum absolute atomic E-state index is 0.125. The zero-order valence-electron chi connectivity index (χ0n) is 10.7. The molecule has 4 N–H and O–H groups in total. The number of carbonyl (C=O) groups excluding carboxylic acids is 1. The quantitative estimate of drug-likeness (QED) is 0.666. The van der Waals surface area contributed by atoms with Gasteiger partial charge in [-0.1, -0.05) is 11.6 Å². The van der Waals surface area contributed by atoms with Crippen molar-refractivity contribution in [2.75, 3.05) is 6.54 Å². The molecule has 1 aromatic heterocycles. The molecule has 7 heteroatoms. The Morgan fingerprint density at radius 1 is 1.55 bits per heavy atom. The van der Waals surface area contributed by atoms with Crippen LogP contribution in [0.15, 0.2) is 18.2 Å². The predicted octanol–water partition coefficient (Wildman–Crippen LogP) is 0.555. The van der Waals surface area contributed by atoms with E-state index in [9.17, 15) is 9.90 Å². The fourth-order valence-electron chi connectivity index (χ4n) is 2.33. The molecule has 0 bridgehead atoms. The van der Waals surface area contributed by atoms with Crippen molar-refractivity contribution in [1.82, 2.24) is 20.6 Å². The molecule has 2 heterocycles. The molecule has 106 valence electrons. The standard InChI is InChI=1S/C13H15ClN4O2/c14-7-1-2-9-10(3-7)18-12(17-9)6-16-13(20)11-4-8(19)5-15-11/h1-3,8,11,15,19H,4-6H2,(H,16,20)(H,17,18)/t8-,11+/m1/s1. The molecule has 0 unspecified atom stereocenters. The van der Waals surface area contributed by atoms with E-state index in [0.717, 1.165) is 11.0 Å². The van der Waals surface area contributed by atoms with E-state index in [0.29, 0.717) is 30.4 Å². The van der Waals surface area contributed by atoms with Gasteiger partial charge in [-0.15, -0.1) is 0 Å². The van der Waals surface area contributed by atoms with Crippen molar-refractivity contribution in [3.63, 3.8) is 0 Å². The number of fused-ring (bicyclic) bond motifs is 1. The summed E-state index contributed by atoms with van der Waals surface area (Å²) >= 11 is 5.91. The molecule has 3 rings (SSSR count). The molecule has 2 aromatic rings. The Morgan fingerprint density at radius 3 is 3.15 bits per heavy atom. The van der Waals surface area contributed by atoms with E-state index in [2.05, 4.69) is 20.6 Å². The van der Waals surface area contributed by atoms with E-state index in [-0.39, 0.29) is 11.9 Å². The lowest BCUT2D eigenvalue weighted by Crippen LogP contribution is -2.40. The summed E-state index contributed by atoms with van der Waals surface area (Å²) in [6.45, 7) is 0.778. The first-order valence-electron chi connectivity index (χ1n) is 6.45. The first-order chi connectivity index (χ1) is 9.61. The monoisotopic (exact) mass is 294 g/mol. The van der Waals surface area contributed by atoms with Crippen molar-refractivity contribution >= 4 is 28.5 Å². The summed E-state index contributed by atoms with van der Waals surface area (Å²) in [7, 11) is 0. The third-order valence-corrected chi connectivity index (χ3v) is 3.58. The Balaban J connectivity index is 1.63. The van der Waals surface area contributed by atoms with Gasteiger partial charge in [-0.25, -0.2) is 4.98 Å². The highest BCUT2D eigenvalue weighted by Gasteiger charge is 2.27. The Bertz CT molecular complexity index is 642. The zero-order valence-corrected chi connectivity index (χ0v) is 11.4. The van der Waals surface area contributed by atoms with Gasteiger partial charge in [0.15, 0.2) is 0 Å². The number of aromatic nitrogens is 2. The zero-order chi connectivity index (χ0) is 14.1. The third kappa shape index (κ3) is 2.77. The summed E-state index contributed by atoms with van der Waals surface area (Å²) in [6, 6.07) is 5.07. The summed E-state index contributed by atoms with van der Waals surface area (Å²) in [5, 5.41) is 15.8. The van der Waals surface area contributed by atoms with Crippen molar-refractivity contribution in [2.24, 2.45) is 0 Å². The van der Waals surface area contributed by atoms with Crippen LogP contribution in [0.3, 0.4) is 0 Å². The molecular formula is C13H15ClN4O2. The van der Waals surface area contributed by atoms with Crippen LogP contribution in [-0.2, 0) is 11.3 Å². The number of β-amino-alcohol motifs (C(OH)–C–C–N with tert-alkyl or cyclic N) is 1. The first-order valence-corrected chi connectivity index (χ1v) is 6.83. The Hall–Kier alpha value is -1.63. The summed E-state index contributed by atoms with van der Waals surface area (Å²) in [5.41, 5.74) is 1.66. The van der Waals surface area contributed by atoms with Crippen molar-refractivity contribution in [3.8, 4) is 0 Å². The van der Waals surface area contributed by atoms with E-state index in [1.807, 2.05) is 6.07 Å². The maximum Gasteiger partial charge on any atom is 0.237 e. The lowest BCUT2D eigenvalue weighted by atomic mass is 10.2. The summed E-state index contributed by atoms with van der Waals surface area (Å²) in [6.07, 6.45) is 0.000719. The molecule has 1 fully saturated rings. The first kappa shape index (κ1) is 13.4. The van der Waals surface area contributed by atoms with Gasteiger partial charge >= 0.3 is 0 Å². The van der Waals surface area contributed by atoms with Crippen LogP contribution in [0.1, 0.15) is 12.2 Å². The average molecular weight is 295 g/mol. The Kier molecular flexibility index (Phi) is 3.60. The number of nitrogens with one attached hydrogen (secondary N) is 3. The van der Waals surface area contributed by atoms with E-state index < -0.39 is 6.10 Å². The molecule has 1 amide bonds. The highest BCUT2D eigenvalue weighted by molar-refractivity contribution is 6.31. The molecule has 0 aliphatic carbocycles. The smallest absolute Gasteiger partial charge is 0.237 e. The van der Waals surface area contributed by atoms with Crippen LogP contribution in [0.2, 0.25) is 5.02 Å². The van der Waals surface area contributed by atoms with Crippen LogP contribution in [0.25, 0.3) is 11.0 Å². The highest BCUT2D eigenvalue weighted by atomic mass is 35.5. The van der Waals surface area contributed by atoms with Crippen molar-refractivity contribution < 1.29 is 9.90 Å². The SMILES string of the molecule is O=C(NCc1nc2ccc(Cl)cc2[nH]1)[C@@H]1C[C@@H](O)CN1. The second-order valence-electron chi connectivity index (χ2n) is 4.91. The molecule has 0 spiro atoms. The van der Waals surface area contributed by atoms with Crippen LogP contribution in [-0.4, -0.2) is 39.7 Å². The molecule has 1 saturated heterocycles. The van der Waals surface area contributed by atoms with Gasteiger partial charge in [0.2, 0.25) is 5.91 Å². The molecule has 0 saturated carbocycles. The second kappa shape index (κ2) is 5.40. The van der Waals surface area contributed by atoms with Crippen LogP contribution in [0.5, 0.6) is 0 Å². The lowest BCUT2D eigenvalue weighted by Gasteiger charge is -2.09. The number of aliphatic hydroxyl groups is 1. The molecule has 2 atom stereocenters. The molecule has 20 heavy (non-hydrogen) atoms. The minimum Gasteiger partial charge on any atom is -0.392 e. The maximum atomic E-state index is 11.9. The number of aromatic amines is 1. The van der Waals surface area contributed by atoms with Gasteiger partial charge in [0.05, 0.1) is 29.7 Å². The highest BCUT2D eigenvalue weighted by Crippen LogP contribution is 2.17. The number of hydrogen-bond acceptors (Lipinski definition) is 4. The van der Waals surface area contributed by atoms with Gasteiger partial charge in [-0.2, -0.15) is 0 Å². The fourth-order valence-corrected chi connectivity index (χ4v) is 2.50. The van der Waals surface area contributed by atoms with E-state index >= 15 is 0 Å². The summed E-state index contributed by atoms with van der Waals surface area (Å²) in [4.78, 5) is 19.4. The molecule has 0 radical (unpaired) electrons. The lowest BCUT2D eigenvalue weighted by molar-refractivity contribution is -0.123. The van der Waals surface area contributed by atoms with Crippen LogP contribution in [0, 0.1) is 0 Å². The van der Waals surface area contributed by atoms with Crippen molar-refractivity contribution in [1.29, 1.82) is 0 Å². The number of hydrogen-bond donors (Lipinski definition) is 4. The fraction of sp³-hybridized carbons (Fsp3) is 0.385. The molecular weight excluding hydrogens is 280 g/mol. The Morgan fingerprint density at radius 2 is 2.40 bits per heavy atom. The predicted molar refractivity (Wildman–Crippen MR) is 75.4 cm³/mol. The number of rotatable bonds is 3. The van der Waals surface area contributed by atoms with Crippen LogP contribution in [0.4, 0.5) is 0 Å². The van der Waals surface area contributed by atoms with Crippen molar-refractivity contribution in [3.05, 3.63) is 29.0 Å². The van der Waals surface area contributed by atoms with E-state index in [1.165, 1.54) is 0 Å². The number of nitrogens with zero attached hydrogens (tertiary/aromatic N) is 1. The summed E-state index contributed by atoms with van der Waals surface area (Å²) in [5.74, 6) is 0.550. The number of halogens is 1. The largest absolute Gasteiger partial charge is 0.392 e. The van der Waals surface area contributed by atoms with Crippen LogP contribution >= 0.6 is 11.6 Å². The second-order valence-corrected chi connectivity index (χ2v) is 5.35. The van der Waals surface area contributed by atoms with Gasteiger partial charge in [-0.05, 0) is 24.6 Å². The minimum atomic E-state index is -0.445. The normalized spacial score (nSPS) is 22.3. The number of benzene rings is 1. The average Bonchev–Trinajstić information content (AvgIpc) is 3.01. The van der Waals surface area contributed by atoms with Crippen molar-refractivity contribution in [2.45, 2.75) is 25.1 Å². The van der Waals surface area contributed by atoms with Gasteiger partial charge in [0.1, 0.15) is 5.82 Å². The summed E-state index contributed by atoms with van der Waals surface area (Å²) < 4.78 is 0. The van der Waals surface area contributed by atoms with Gasteiger partial charge in [0.25, 0.3) is 0 Å². The topological polar surface area (TPSA) is 90.0 Å². The van der Waals surface area contributed by atoms with E-state index in [4.69, 9.17) is 11.6 Å².